The van der Waals surface area contributed by atoms with E-state index >= 15 is 0 Å². The molecule has 0 heterocycles. The molecule has 6 heteroatoms. The number of hydrogen-bond donors (Lipinski definition) is 0. The number of hydrogen-bond acceptors (Lipinski definition) is 1. The van der Waals surface area contributed by atoms with Crippen molar-refractivity contribution in [2.45, 2.75) is 109 Å². The summed E-state index contributed by atoms with van der Waals surface area (Å²) in [5.74, 6) is -2.67. The Morgan fingerprint density at radius 3 is 1.74 bits per heavy atom. The van der Waals surface area contributed by atoms with Gasteiger partial charge in [-0.25, -0.2) is 13.2 Å². The van der Waals surface area contributed by atoms with E-state index in [1.165, 1.54) is 89.2 Å². The first-order chi connectivity index (χ1) is 18.2. The Morgan fingerprint density at radius 1 is 0.711 bits per heavy atom. The average molecular weight is 537 g/mol. The molecular weight excluding hydrogens is 495 g/mol. The molecule has 0 N–H and O–H groups in total. The summed E-state index contributed by atoms with van der Waals surface area (Å²) in [6, 6.07) is 6.83. The zero-order valence-electron chi connectivity index (χ0n) is 22.5. The van der Waals surface area contributed by atoms with Crippen LogP contribution in [0.4, 0.5) is 22.0 Å². The molecule has 0 amide bonds. The highest BCUT2D eigenvalue weighted by Crippen LogP contribution is 2.41. The lowest BCUT2D eigenvalue weighted by Crippen LogP contribution is -2.22. The fourth-order valence-corrected chi connectivity index (χ4v) is 6.50. The molecular formula is C32H41F5O. The van der Waals surface area contributed by atoms with E-state index in [0.717, 1.165) is 36.2 Å². The van der Waals surface area contributed by atoms with Gasteiger partial charge < -0.3 is 4.74 Å². The van der Waals surface area contributed by atoms with Gasteiger partial charge in [0.2, 0.25) is 0 Å². The maximum absolute atomic E-state index is 14.6. The second-order valence-electron chi connectivity index (χ2n) is 11.6. The highest BCUT2D eigenvalue weighted by Gasteiger charge is 2.35. The van der Waals surface area contributed by atoms with E-state index in [0.29, 0.717) is 18.1 Å². The summed E-state index contributed by atoms with van der Waals surface area (Å²) in [7, 11) is 0. The minimum Gasteiger partial charge on any atom is -0.429 e. The topological polar surface area (TPSA) is 9.23 Å². The van der Waals surface area contributed by atoms with Gasteiger partial charge in [0.25, 0.3) is 0 Å². The minimum atomic E-state index is -3.80. The zero-order valence-corrected chi connectivity index (χ0v) is 22.5. The van der Waals surface area contributed by atoms with E-state index in [4.69, 9.17) is 0 Å². The number of unbranched alkanes of at least 4 members (excludes halogenated alkanes) is 2. The molecule has 2 aliphatic carbocycles. The van der Waals surface area contributed by atoms with E-state index in [1.807, 2.05) is 0 Å². The van der Waals surface area contributed by atoms with Crippen LogP contribution in [-0.4, -0.2) is 0 Å². The molecule has 0 bridgehead atoms. The van der Waals surface area contributed by atoms with Gasteiger partial charge in [0, 0.05) is 12.1 Å². The van der Waals surface area contributed by atoms with E-state index in [1.54, 1.807) is 12.1 Å². The summed E-state index contributed by atoms with van der Waals surface area (Å²) in [5, 5.41) is 0. The van der Waals surface area contributed by atoms with Gasteiger partial charge >= 0.3 is 6.11 Å². The largest absolute Gasteiger partial charge is 0.429 e. The van der Waals surface area contributed by atoms with Crippen molar-refractivity contribution in [2.75, 3.05) is 0 Å². The van der Waals surface area contributed by atoms with Crippen molar-refractivity contribution in [1.29, 1.82) is 0 Å². The van der Waals surface area contributed by atoms with Gasteiger partial charge in [-0.1, -0.05) is 83.3 Å². The molecule has 2 aromatic rings. The lowest BCUT2D eigenvalue weighted by molar-refractivity contribution is -0.185. The third-order valence-electron chi connectivity index (χ3n) is 8.93. The third kappa shape index (κ3) is 7.72. The molecule has 38 heavy (non-hydrogen) atoms. The molecule has 0 radical (unpaired) electrons. The monoisotopic (exact) mass is 536 g/mol. The fraction of sp³-hybridized carbons (Fsp3) is 0.625. The molecule has 2 saturated carbocycles. The second kappa shape index (κ2) is 13.3. The lowest BCUT2D eigenvalue weighted by atomic mass is 9.74. The predicted molar refractivity (Wildman–Crippen MR) is 141 cm³/mol. The van der Waals surface area contributed by atoms with Crippen LogP contribution in [0.1, 0.15) is 114 Å². The van der Waals surface area contributed by atoms with Crippen LogP contribution in [0, 0.1) is 35.2 Å². The first kappa shape index (κ1) is 28.9. The molecule has 0 aromatic heterocycles. The Morgan fingerprint density at radius 2 is 1.21 bits per heavy atom. The van der Waals surface area contributed by atoms with Crippen LogP contribution in [0.2, 0.25) is 0 Å². The Hall–Kier alpha value is -2.11. The summed E-state index contributed by atoms with van der Waals surface area (Å²) in [4.78, 5) is 0. The first-order valence-corrected chi connectivity index (χ1v) is 14.6. The van der Waals surface area contributed by atoms with Gasteiger partial charge in [-0.15, -0.1) is 0 Å². The van der Waals surface area contributed by atoms with Crippen LogP contribution in [0.5, 0.6) is 5.75 Å². The van der Waals surface area contributed by atoms with E-state index < -0.39 is 34.9 Å². The molecule has 210 valence electrons. The molecule has 2 aromatic carbocycles. The number of halogens is 5. The Balaban J connectivity index is 1.21. The molecule has 0 saturated heterocycles. The van der Waals surface area contributed by atoms with Gasteiger partial charge in [0.1, 0.15) is 5.75 Å². The molecule has 1 nitrogen and oxygen atoms in total. The smallest absolute Gasteiger partial charge is 0.426 e. The molecule has 0 atom stereocenters. The summed E-state index contributed by atoms with van der Waals surface area (Å²) in [5.41, 5.74) is 0.614. The SMILES string of the molecule is CCCCC[C@H]1CC[C@H](CCC2CCC(c3ccc(C(F)(F)Oc4cc(F)c(F)c(F)c4)cc3)CC2)CC1. The Labute approximate surface area is 224 Å². The third-order valence-corrected chi connectivity index (χ3v) is 8.93. The lowest BCUT2D eigenvalue weighted by Gasteiger charge is -2.32. The van der Waals surface area contributed by atoms with E-state index in [2.05, 4.69) is 11.7 Å². The second-order valence-corrected chi connectivity index (χ2v) is 11.6. The summed E-state index contributed by atoms with van der Waals surface area (Å²) < 4.78 is 73.6. The van der Waals surface area contributed by atoms with Gasteiger partial charge in [0.15, 0.2) is 17.5 Å². The molecule has 0 unspecified atom stereocenters. The van der Waals surface area contributed by atoms with Crippen molar-refractivity contribution in [3.63, 3.8) is 0 Å². The quantitative estimate of drug-likeness (QED) is 0.158. The average Bonchev–Trinajstić information content (AvgIpc) is 2.91. The van der Waals surface area contributed by atoms with E-state index in [-0.39, 0.29) is 0 Å². The van der Waals surface area contributed by atoms with Crippen molar-refractivity contribution in [3.8, 4) is 5.75 Å². The first-order valence-electron chi connectivity index (χ1n) is 14.6. The van der Waals surface area contributed by atoms with Crippen LogP contribution in [0.25, 0.3) is 0 Å². The van der Waals surface area contributed by atoms with Crippen molar-refractivity contribution in [3.05, 3.63) is 65.0 Å². The summed E-state index contributed by atoms with van der Waals surface area (Å²) in [6.07, 6.45) is 14.5. The summed E-state index contributed by atoms with van der Waals surface area (Å²) in [6.45, 7) is 2.27. The van der Waals surface area contributed by atoms with Crippen molar-refractivity contribution in [1.82, 2.24) is 0 Å². The number of ether oxygens (including phenoxy) is 1. The standard InChI is InChI=1S/C32H41F5O/c1-2-3-4-5-22-6-8-23(9-7-22)10-11-24-12-14-25(15-13-24)26-16-18-27(19-17-26)32(36,37)38-28-20-29(33)31(35)30(34)21-28/h16-25H,2-15H2,1H3/t22-,23-,24?,25?. The normalized spacial score (nSPS) is 24.4. The highest BCUT2D eigenvalue weighted by atomic mass is 19.3. The summed E-state index contributed by atoms with van der Waals surface area (Å²) >= 11 is 0. The van der Waals surface area contributed by atoms with Crippen LogP contribution in [0.3, 0.4) is 0 Å². The van der Waals surface area contributed by atoms with Crippen molar-refractivity contribution >= 4 is 0 Å². The molecule has 2 fully saturated rings. The Bertz CT molecular complexity index is 982. The maximum atomic E-state index is 14.6. The number of alkyl halides is 2. The van der Waals surface area contributed by atoms with Crippen molar-refractivity contribution < 1.29 is 26.7 Å². The molecule has 2 aliphatic rings. The van der Waals surface area contributed by atoms with Crippen LogP contribution < -0.4 is 4.74 Å². The molecule has 0 spiro atoms. The maximum Gasteiger partial charge on any atom is 0.426 e. The van der Waals surface area contributed by atoms with Crippen LogP contribution in [-0.2, 0) is 6.11 Å². The Kier molecular flexibility index (Phi) is 10.1. The number of benzene rings is 2. The van der Waals surface area contributed by atoms with Gasteiger partial charge in [-0.2, -0.15) is 8.78 Å². The number of rotatable bonds is 11. The van der Waals surface area contributed by atoms with E-state index in [9.17, 15) is 22.0 Å². The highest BCUT2D eigenvalue weighted by molar-refractivity contribution is 5.30. The van der Waals surface area contributed by atoms with Crippen molar-refractivity contribution in [2.24, 2.45) is 17.8 Å². The van der Waals surface area contributed by atoms with Crippen LogP contribution in [0.15, 0.2) is 36.4 Å². The van der Waals surface area contributed by atoms with Crippen LogP contribution >= 0.6 is 0 Å². The molecule has 4 rings (SSSR count). The fourth-order valence-electron chi connectivity index (χ4n) is 6.50. The predicted octanol–water partition coefficient (Wildman–Crippen LogP) is 10.7. The minimum absolute atomic E-state index is 0.355. The molecule has 0 aliphatic heterocycles. The van der Waals surface area contributed by atoms with Gasteiger partial charge in [0.05, 0.1) is 5.56 Å². The van der Waals surface area contributed by atoms with Gasteiger partial charge in [-0.3, -0.25) is 0 Å². The van der Waals surface area contributed by atoms with Gasteiger partial charge in [-0.05, 0) is 67.1 Å². The zero-order chi connectivity index (χ0) is 27.1.